The number of amides is 2. The largest absolute Gasteiger partial charge is 0.454 e. The number of aromatic nitrogens is 1. The van der Waals surface area contributed by atoms with E-state index < -0.39 is 24.1 Å². The van der Waals surface area contributed by atoms with Gasteiger partial charge in [0.25, 0.3) is 0 Å². The number of ether oxygens (including phenoxy) is 1. The lowest BCUT2D eigenvalue weighted by Crippen LogP contribution is -2.43. The Labute approximate surface area is 174 Å². The second-order valence-corrected chi connectivity index (χ2v) is 6.83. The van der Waals surface area contributed by atoms with Gasteiger partial charge in [-0.05, 0) is 31.0 Å². The van der Waals surface area contributed by atoms with E-state index in [0.717, 1.165) is 32.1 Å². The zero-order valence-corrected chi connectivity index (χ0v) is 16.7. The van der Waals surface area contributed by atoms with Crippen LogP contribution in [-0.2, 0) is 9.59 Å². The van der Waals surface area contributed by atoms with Crippen molar-refractivity contribution in [3.8, 4) is 11.5 Å². The molecule has 2 aromatic rings. The lowest BCUT2D eigenvalue weighted by atomic mass is 9.93. The number of carbonyl (C=O) groups excluding carboxylic acids is 2. The molecule has 1 saturated carbocycles. The molecule has 0 aliphatic heterocycles. The first kappa shape index (κ1) is 22.4. The maximum atomic E-state index is 14.7. The van der Waals surface area contributed by atoms with Crippen molar-refractivity contribution in [1.29, 1.82) is 0 Å². The number of nitrogens with zero attached hydrogens (tertiary/aromatic N) is 2. The molecule has 0 atom stereocenters. The van der Waals surface area contributed by atoms with E-state index in [1.807, 2.05) is 0 Å². The summed E-state index contributed by atoms with van der Waals surface area (Å²) in [5.41, 5.74) is 11.2. The van der Waals surface area contributed by atoms with Gasteiger partial charge < -0.3 is 21.1 Å². The third-order valence-electron chi connectivity index (χ3n) is 4.71. The Morgan fingerprint density at radius 1 is 1.17 bits per heavy atom. The van der Waals surface area contributed by atoms with Crippen LogP contribution in [0, 0.1) is 5.82 Å². The Hall–Kier alpha value is -2.87. The number of hydrogen-bond donors (Lipinski definition) is 2. The van der Waals surface area contributed by atoms with Crippen LogP contribution in [0.5, 0.6) is 11.5 Å². The van der Waals surface area contributed by atoms with Gasteiger partial charge in [-0.3, -0.25) is 9.59 Å². The summed E-state index contributed by atoms with van der Waals surface area (Å²) in [5, 5.41) is 0. The molecule has 0 radical (unpaired) electrons. The molecule has 1 aliphatic rings. The van der Waals surface area contributed by atoms with E-state index >= 15 is 0 Å². The second-order valence-electron chi connectivity index (χ2n) is 6.83. The minimum atomic E-state index is -0.707. The van der Waals surface area contributed by atoms with E-state index in [9.17, 15) is 14.0 Å². The first-order chi connectivity index (χ1) is 13.4. The molecule has 2 amide bonds. The lowest BCUT2D eigenvalue weighted by Gasteiger charge is -2.34. The maximum absolute atomic E-state index is 14.7. The van der Waals surface area contributed by atoms with Gasteiger partial charge in [-0.15, -0.1) is 12.4 Å². The number of rotatable bonds is 6. The molecule has 0 unspecified atom stereocenters. The summed E-state index contributed by atoms with van der Waals surface area (Å²) < 4.78 is 20.2. The topological polar surface area (TPSA) is 112 Å². The average Bonchev–Trinajstić information content (AvgIpc) is 2.64. The van der Waals surface area contributed by atoms with E-state index in [-0.39, 0.29) is 30.0 Å². The third kappa shape index (κ3) is 5.80. The van der Waals surface area contributed by atoms with Gasteiger partial charge in [0.15, 0.2) is 11.6 Å². The summed E-state index contributed by atoms with van der Waals surface area (Å²) >= 11 is 0. The van der Waals surface area contributed by atoms with Crippen molar-refractivity contribution >= 4 is 35.7 Å². The molecular weight excluding hydrogens is 399 g/mol. The molecule has 29 heavy (non-hydrogen) atoms. The molecule has 0 saturated heterocycles. The number of nitrogens with two attached hydrogens (primary N) is 2. The number of halogens is 2. The zero-order chi connectivity index (χ0) is 20.1. The van der Waals surface area contributed by atoms with Crippen LogP contribution >= 0.6 is 12.4 Å². The molecule has 1 heterocycles. The molecule has 4 N–H and O–H groups in total. The summed E-state index contributed by atoms with van der Waals surface area (Å²) in [4.78, 5) is 29.2. The molecule has 0 bridgehead atoms. The van der Waals surface area contributed by atoms with Gasteiger partial charge in [-0.1, -0.05) is 19.3 Å². The van der Waals surface area contributed by atoms with Gasteiger partial charge in [0.05, 0.1) is 0 Å². The molecule has 1 fully saturated rings. The standard InChI is InChI=1S/C20H23FN4O3.ClH/c21-16-10-14(6-7-17(16)28-15-8-9-24-18(22)11-15)25(20(27)12-19(23)26)13-4-2-1-3-5-13;/h6-11,13H,1-5,12H2,(H2,22,24)(H2,23,26);1H. The van der Waals surface area contributed by atoms with E-state index in [1.165, 1.54) is 29.3 Å². The molecule has 1 aliphatic carbocycles. The van der Waals surface area contributed by atoms with Crippen LogP contribution in [0.15, 0.2) is 36.5 Å². The van der Waals surface area contributed by atoms with Crippen LogP contribution in [0.25, 0.3) is 0 Å². The fourth-order valence-corrected chi connectivity index (χ4v) is 3.47. The maximum Gasteiger partial charge on any atom is 0.236 e. The first-order valence-corrected chi connectivity index (χ1v) is 9.23. The number of hydrogen-bond acceptors (Lipinski definition) is 5. The van der Waals surface area contributed by atoms with Crippen molar-refractivity contribution in [2.24, 2.45) is 5.73 Å². The highest BCUT2D eigenvalue weighted by Crippen LogP contribution is 2.32. The van der Waals surface area contributed by atoms with Gasteiger partial charge in [0.2, 0.25) is 11.8 Å². The van der Waals surface area contributed by atoms with Crippen LogP contribution < -0.4 is 21.1 Å². The van der Waals surface area contributed by atoms with Crippen LogP contribution in [0.2, 0.25) is 0 Å². The SMILES string of the molecule is Cl.NC(=O)CC(=O)N(c1ccc(Oc2ccnc(N)c2)c(F)c1)C1CCCCC1. The number of primary amides is 1. The first-order valence-electron chi connectivity index (χ1n) is 9.23. The lowest BCUT2D eigenvalue weighted by molar-refractivity contribution is -0.126. The van der Waals surface area contributed by atoms with Gasteiger partial charge in [0.1, 0.15) is 18.0 Å². The van der Waals surface area contributed by atoms with Gasteiger partial charge in [-0.2, -0.15) is 0 Å². The normalized spacial score (nSPS) is 14.0. The number of pyridine rings is 1. The number of nitrogen functional groups attached to an aromatic ring is 1. The van der Waals surface area contributed by atoms with Gasteiger partial charge in [-0.25, -0.2) is 9.37 Å². The fraction of sp³-hybridized carbons (Fsp3) is 0.350. The Morgan fingerprint density at radius 3 is 2.52 bits per heavy atom. The highest BCUT2D eigenvalue weighted by atomic mass is 35.5. The summed E-state index contributed by atoms with van der Waals surface area (Å²) in [6.07, 6.45) is 5.74. The van der Waals surface area contributed by atoms with Gasteiger partial charge >= 0.3 is 0 Å². The summed E-state index contributed by atoms with van der Waals surface area (Å²) in [5.74, 6) is -1.14. The number of benzene rings is 1. The highest BCUT2D eigenvalue weighted by Gasteiger charge is 2.28. The van der Waals surface area contributed by atoms with Crippen molar-refractivity contribution in [3.63, 3.8) is 0 Å². The molecular formula is C20H24ClFN4O3. The quantitative estimate of drug-likeness (QED) is 0.691. The Balaban J connectivity index is 0.00000300. The molecule has 156 valence electrons. The second kappa shape index (κ2) is 10.1. The van der Waals surface area contributed by atoms with Crippen LogP contribution in [0.3, 0.4) is 0 Å². The van der Waals surface area contributed by atoms with E-state index in [0.29, 0.717) is 11.4 Å². The van der Waals surface area contributed by atoms with Crippen molar-refractivity contribution in [2.75, 3.05) is 10.6 Å². The smallest absolute Gasteiger partial charge is 0.236 e. The predicted octanol–water partition coefficient (Wildman–Crippen LogP) is 3.56. The van der Waals surface area contributed by atoms with Crippen molar-refractivity contribution in [1.82, 2.24) is 4.98 Å². The number of carbonyl (C=O) groups is 2. The van der Waals surface area contributed by atoms with E-state index in [4.69, 9.17) is 16.2 Å². The average molecular weight is 423 g/mol. The summed E-state index contributed by atoms with van der Waals surface area (Å²) in [6, 6.07) is 7.28. The highest BCUT2D eigenvalue weighted by molar-refractivity contribution is 6.04. The van der Waals surface area contributed by atoms with Crippen molar-refractivity contribution in [2.45, 2.75) is 44.6 Å². The molecule has 7 nitrogen and oxygen atoms in total. The predicted molar refractivity (Wildman–Crippen MR) is 111 cm³/mol. The van der Waals surface area contributed by atoms with Crippen molar-refractivity contribution in [3.05, 3.63) is 42.3 Å². The van der Waals surface area contributed by atoms with E-state index in [1.54, 1.807) is 12.1 Å². The zero-order valence-electron chi connectivity index (χ0n) is 15.8. The molecule has 1 aromatic carbocycles. The fourth-order valence-electron chi connectivity index (χ4n) is 3.47. The Bertz CT molecular complexity index is 875. The Morgan fingerprint density at radius 2 is 1.90 bits per heavy atom. The number of anilines is 2. The minimum absolute atomic E-state index is 0. The molecule has 9 heteroatoms. The van der Waals surface area contributed by atoms with Crippen molar-refractivity contribution < 1.29 is 18.7 Å². The molecule has 3 rings (SSSR count). The third-order valence-corrected chi connectivity index (χ3v) is 4.71. The minimum Gasteiger partial charge on any atom is -0.454 e. The van der Waals surface area contributed by atoms with Gasteiger partial charge in [0, 0.05) is 30.1 Å². The van der Waals surface area contributed by atoms with E-state index in [2.05, 4.69) is 4.98 Å². The van der Waals surface area contributed by atoms with Crippen LogP contribution in [-0.4, -0.2) is 22.8 Å². The monoisotopic (exact) mass is 422 g/mol. The summed E-state index contributed by atoms with van der Waals surface area (Å²) in [7, 11) is 0. The van der Waals surface area contributed by atoms with Crippen LogP contribution in [0.1, 0.15) is 38.5 Å². The van der Waals surface area contributed by atoms with Crippen LogP contribution in [0.4, 0.5) is 15.9 Å². The summed E-state index contributed by atoms with van der Waals surface area (Å²) in [6.45, 7) is 0. The molecule has 0 spiro atoms. The molecule has 1 aromatic heterocycles. The Kier molecular flexibility index (Phi) is 7.78.